The zero-order valence-electron chi connectivity index (χ0n) is 9.73. The molecule has 0 saturated heterocycles. The number of fused-ring (bicyclic) bond motifs is 1. The lowest BCUT2D eigenvalue weighted by molar-refractivity contribution is -0.119. The predicted octanol–water partition coefficient (Wildman–Crippen LogP) is 1.49. The van der Waals surface area contributed by atoms with Crippen molar-refractivity contribution in [3.63, 3.8) is 0 Å². The number of carbonyl (C=O) groups excluding carboxylic acids is 1. The van der Waals surface area contributed by atoms with Gasteiger partial charge in [0.05, 0.1) is 11.0 Å². The second-order valence-corrected chi connectivity index (χ2v) is 4.07. The zero-order chi connectivity index (χ0) is 12.3. The Bertz CT molecular complexity index is 487. The highest BCUT2D eigenvalue weighted by molar-refractivity contribution is 5.92. The van der Waals surface area contributed by atoms with Crippen molar-refractivity contribution in [3.8, 4) is 0 Å². The van der Waals surface area contributed by atoms with Gasteiger partial charge in [-0.1, -0.05) is 19.1 Å². The smallest absolute Gasteiger partial charge is 0.229 e. The summed E-state index contributed by atoms with van der Waals surface area (Å²) < 4.78 is 0. The number of rotatable bonds is 4. The minimum absolute atomic E-state index is 0.0606. The van der Waals surface area contributed by atoms with Crippen LogP contribution in [-0.2, 0) is 4.79 Å². The van der Waals surface area contributed by atoms with Gasteiger partial charge in [-0.3, -0.25) is 10.1 Å². The van der Waals surface area contributed by atoms with Gasteiger partial charge in [-0.15, -0.1) is 0 Å². The van der Waals surface area contributed by atoms with Crippen molar-refractivity contribution in [2.45, 2.75) is 13.3 Å². The molecule has 1 aromatic carbocycles. The largest absolute Gasteiger partial charge is 0.330 e. The summed E-state index contributed by atoms with van der Waals surface area (Å²) in [6.07, 6.45) is 0.673. The summed E-state index contributed by atoms with van der Waals surface area (Å²) in [5, 5.41) is 2.75. The van der Waals surface area contributed by atoms with Gasteiger partial charge in [0.25, 0.3) is 0 Å². The van der Waals surface area contributed by atoms with Crippen LogP contribution >= 0.6 is 0 Å². The molecule has 1 atom stereocenters. The maximum Gasteiger partial charge on any atom is 0.229 e. The molecule has 2 aromatic rings. The van der Waals surface area contributed by atoms with E-state index in [0.717, 1.165) is 11.0 Å². The van der Waals surface area contributed by atoms with Crippen molar-refractivity contribution >= 4 is 22.9 Å². The molecule has 90 valence electrons. The lowest BCUT2D eigenvalue weighted by Gasteiger charge is -2.08. The summed E-state index contributed by atoms with van der Waals surface area (Å²) in [5.74, 6) is 0.322. The summed E-state index contributed by atoms with van der Waals surface area (Å²) in [4.78, 5) is 19.1. The molecule has 5 heteroatoms. The molecule has 0 spiro atoms. The molecule has 0 bridgehead atoms. The van der Waals surface area contributed by atoms with Crippen LogP contribution in [0.5, 0.6) is 0 Å². The highest BCUT2D eigenvalue weighted by Crippen LogP contribution is 2.14. The van der Waals surface area contributed by atoms with E-state index in [4.69, 9.17) is 5.73 Å². The SMILES string of the molecule is CC(CCN)C(=O)Nc1nc2ccccc2[nH]1. The second-order valence-electron chi connectivity index (χ2n) is 4.07. The molecule has 1 amide bonds. The van der Waals surface area contributed by atoms with Crippen LogP contribution in [0.4, 0.5) is 5.95 Å². The Balaban J connectivity index is 2.10. The maximum absolute atomic E-state index is 11.8. The maximum atomic E-state index is 11.8. The number of nitrogens with two attached hydrogens (primary N) is 1. The standard InChI is InChI=1S/C12H16N4O/c1-8(6-7-13)11(17)16-12-14-9-4-2-3-5-10(9)15-12/h2-5,8H,6-7,13H2,1H3,(H2,14,15,16,17). The third-order valence-corrected chi connectivity index (χ3v) is 2.68. The monoisotopic (exact) mass is 232 g/mol. The number of anilines is 1. The molecule has 17 heavy (non-hydrogen) atoms. The van der Waals surface area contributed by atoms with E-state index in [1.54, 1.807) is 0 Å². The molecule has 0 aliphatic rings. The Hall–Kier alpha value is -1.88. The molecule has 0 radical (unpaired) electrons. The first-order valence-corrected chi connectivity index (χ1v) is 5.66. The number of imidazole rings is 1. The summed E-state index contributed by atoms with van der Waals surface area (Å²) in [6.45, 7) is 2.36. The molecule has 0 aliphatic heterocycles. The molecule has 0 fully saturated rings. The number of aromatic nitrogens is 2. The number of H-pyrrole nitrogens is 1. The average molecular weight is 232 g/mol. The van der Waals surface area contributed by atoms with Crippen molar-refractivity contribution < 1.29 is 4.79 Å². The minimum atomic E-state index is -0.104. The first-order chi connectivity index (χ1) is 8.20. The lowest BCUT2D eigenvalue weighted by atomic mass is 10.1. The molecule has 1 aromatic heterocycles. The molecule has 1 heterocycles. The van der Waals surface area contributed by atoms with E-state index in [-0.39, 0.29) is 11.8 Å². The lowest BCUT2D eigenvalue weighted by Crippen LogP contribution is -2.23. The molecule has 5 nitrogen and oxygen atoms in total. The van der Waals surface area contributed by atoms with Crippen molar-refractivity contribution in [2.75, 3.05) is 11.9 Å². The normalized spacial score (nSPS) is 12.6. The van der Waals surface area contributed by atoms with E-state index in [9.17, 15) is 4.79 Å². The van der Waals surface area contributed by atoms with Gasteiger partial charge in [-0.25, -0.2) is 4.98 Å². The Kier molecular flexibility index (Phi) is 3.39. The van der Waals surface area contributed by atoms with Crippen molar-refractivity contribution in [3.05, 3.63) is 24.3 Å². The quantitative estimate of drug-likeness (QED) is 0.746. The summed E-state index contributed by atoms with van der Waals surface area (Å²) in [5.41, 5.74) is 7.17. The van der Waals surface area contributed by atoms with Crippen molar-refractivity contribution in [2.24, 2.45) is 11.7 Å². The molecule has 1 unspecified atom stereocenters. The van der Waals surface area contributed by atoms with Gasteiger partial charge in [0.2, 0.25) is 11.9 Å². The topological polar surface area (TPSA) is 83.8 Å². The van der Waals surface area contributed by atoms with E-state index in [1.165, 1.54) is 0 Å². The zero-order valence-corrected chi connectivity index (χ0v) is 9.73. The Labute approximate surface area is 99.4 Å². The predicted molar refractivity (Wildman–Crippen MR) is 67.6 cm³/mol. The minimum Gasteiger partial charge on any atom is -0.330 e. The van der Waals surface area contributed by atoms with E-state index in [0.29, 0.717) is 18.9 Å². The van der Waals surface area contributed by atoms with E-state index in [2.05, 4.69) is 15.3 Å². The Morgan fingerprint density at radius 3 is 3.00 bits per heavy atom. The average Bonchev–Trinajstić information content (AvgIpc) is 2.71. The van der Waals surface area contributed by atoms with E-state index in [1.807, 2.05) is 31.2 Å². The van der Waals surface area contributed by atoms with Crippen molar-refractivity contribution in [1.82, 2.24) is 9.97 Å². The van der Waals surface area contributed by atoms with Gasteiger partial charge < -0.3 is 10.7 Å². The van der Waals surface area contributed by atoms with Gasteiger partial charge in [0, 0.05) is 5.92 Å². The molecule has 4 N–H and O–H groups in total. The fraction of sp³-hybridized carbons (Fsp3) is 0.333. The first kappa shape index (κ1) is 11.6. The summed E-state index contributed by atoms with van der Waals surface area (Å²) in [7, 11) is 0. The third kappa shape index (κ3) is 2.62. The number of hydrogen-bond acceptors (Lipinski definition) is 3. The molecular weight excluding hydrogens is 216 g/mol. The van der Waals surface area contributed by atoms with Gasteiger partial charge >= 0.3 is 0 Å². The highest BCUT2D eigenvalue weighted by Gasteiger charge is 2.13. The number of hydrogen-bond donors (Lipinski definition) is 3. The van der Waals surface area contributed by atoms with Crippen LogP contribution in [0, 0.1) is 5.92 Å². The molecule has 2 rings (SSSR count). The van der Waals surface area contributed by atoms with E-state index < -0.39 is 0 Å². The number of benzene rings is 1. The van der Waals surface area contributed by atoms with Crippen LogP contribution in [0.15, 0.2) is 24.3 Å². The van der Waals surface area contributed by atoms with Crippen LogP contribution in [0.3, 0.4) is 0 Å². The van der Waals surface area contributed by atoms with Crippen LogP contribution in [0.2, 0.25) is 0 Å². The Morgan fingerprint density at radius 1 is 1.53 bits per heavy atom. The number of nitrogens with one attached hydrogen (secondary N) is 2. The number of aromatic amines is 1. The van der Waals surface area contributed by atoms with Crippen molar-refractivity contribution in [1.29, 1.82) is 0 Å². The number of carbonyl (C=O) groups is 1. The molecule has 0 saturated carbocycles. The van der Waals surface area contributed by atoms with Gasteiger partial charge in [0.1, 0.15) is 0 Å². The second kappa shape index (κ2) is 4.97. The van der Waals surface area contributed by atoms with Gasteiger partial charge in [-0.05, 0) is 25.1 Å². The highest BCUT2D eigenvalue weighted by atomic mass is 16.2. The molecule has 0 aliphatic carbocycles. The first-order valence-electron chi connectivity index (χ1n) is 5.66. The summed E-state index contributed by atoms with van der Waals surface area (Å²) >= 11 is 0. The van der Waals surface area contributed by atoms with Crippen LogP contribution in [-0.4, -0.2) is 22.4 Å². The fourth-order valence-corrected chi connectivity index (χ4v) is 1.63. The van der Waals surface area contributed by atoms with Gasteiger partial charge in [-0.2, -0.15) is 0 Å². The Morgan fingerprint density at radius 2 is 2.29 bits per heavy atom. The van der Waals surface area contributed by atoms with Gasteiger partial charge in [0.15, 0.2) is 0 Å². The fourth-order valence-electron chi connectivity index (χ4n) is 1.63. The number of amides is 1. The third-order valence-electron chi connectivity index (χ3n) is 2.68. The van der Waals surface area contributed by atoms with E-state index >= 15 is 0 Å². The summed E-state index contributed by atoms with van der Waals surface area (Å²) in [6, 6.07) is 7.64. The van der Waals surface area contributed by atoms with Crippen LogP contribution < -0.4 is 11.1 Å². The van der Waals surface area contributed by atoms with Crippen LogP contribution in [0.1, 0.15) is 13.3 Å². The molecular formula is C12H16N4O. The number of nitrogens with zero attached hydrogens (tertiary/aromatic N) is 1. The van der Waals surface area contributed by atoms with Crippen LogP contribution in [0.25, 0.3) is 11.0 Å². The number of para-hydroxylation sites is 2.